The van der Waals surface area contributed by atoms with Crippen molar-refractivity contribution in [2.24, 2.45) is 5.73 Å². The quantitative estimate of drug-likeness (QED) is 0.113. The van der Waals surface area contributed by atoms with Crippen LogP contribution in [0, 0.1) is 28.8 Å². The summed E-state index contributed by atoms with van der Waals surface area (Å²) in [7, 11) is 0. The van der Waals surface area contributed by atoms with Crippen molar-refractivity contribution >= 4 is 35.7 Å². The second-order valence-corrected chi connectivity index (χ2v) is 13.2. The topological polar surface area (TPSA) is 189 Å². The maximum absolute atomic E-state index is 15.6. The largest absolute Gasteiger partial charge is 0.481 e. The first kappa shape index (κ1) is 39.8. The number of rotatable bonds is 17. The first-order valence-electron chi connectivity index (χ1n) is 16.0. The Hall–Kier alpha value is -5.02. The highest BCUT2D eigenvalue weighted by atomic mass is 32.2. The van der Waals surface area contributed by atoms with Crippen molar-refractivity contribution in [2.75, 3.05) is 19.8 Å². The molecule has 0 amide bonds. The number of aliphatic carboxylic acids is 1. The van der Waals surface area contributed by atoms with E-state index in [9.17, 15) is 23.2 Å². The average Bonchev–Trinajstić information content (AvgIpc) is 3.62. The zero-order valence-electron chi connectivity index (χ0n) is 27.9. The van der Waals surface area contributed by atoms with E-state index in [1.165, 1.54) is 53.4 Å². The van der Waals surface area contributed by atoms with E-state index in [0.29, 0.717) is 11.6 Å². The number of carbonyl (C=O) groups excluding carboxylic acids is 2. The van der Waals surface area contributed by atoms with Crippen molar-refractivity contribution in [3.63, 3.8) is 0 Å². The van der Waals surface area contributed by atoms with Gasteiger partial charge in [0.05, 0.1) is 49.7 Å². The van der Waals surface area contributed by atoms with E-state index in [4.69, 9.17) is 35.0 Å². The van der Waals surface area contributed by atoms with Crippen LogP contribution in [-0.4, -0.2) is 80.4 Å². The van der Waals surface area contributed by atoms with Crippen LogP contribution in [0.1, 0.15) is 42.9 Å². The number of allylic oxidation sites excluding steroid dienone is 2. The molecule has 17 heteroatoms. The van der Waals surface area contributed by atoms with Crippen LogP contribution in [0.25, 0.3) is 6.08 Å². The summed E-state index contributed by atoms with van der Waals surface area (Å²) in [6.45, 7) is 1.61. The molecule has 0 aliphatic carbocycles. The van der Waals surface area contributed by atoms with Gasteiger partial charge in [0, 0.05) is 28.9 Å². The number of benzene rings is 2. The van der Waals surface area contributed by atoms with Gasteiger partial charge in [0.2, 0.25) is 0 Å². The van der Waals surface area contributed by atoms with Crippen LogP contribution in [0.5, 0.6) is 0 Å². The summed E-state index contributed by atoms with van der Waals surface area (Å²) in [4.78, 5) is 40.1. The normalized spacial score (nSPS) is 18.4. The molecule has 52 heavy (non-hydrogen) atoms. The maximum atomic E-state index is 15.6. The standard InChI is InChI=1S/C35H36F3N5O8S/c1-22(52-26-17-49-33(50-18-26)7-3-2-5-24-9-8-23(16-39)13-28(24)37)35(19-43-21-41-20-42-43,27-11-10-25(36)14-29(27)38)51-32(46)6-4-12-48-34(47)30(40)15-31(44)45/h2-3,5,7-11,13-14,20-22,26,30,33H,4,6,12,15,17-19,40H2,1H3,(H,44,45)/t22-,26?,30?,33?,35-/m1/s1. The van der Waals surface area contributed by atoms with Crippen molar-refractivity contribution < 1.29 is 51.6 Å². The lowest BCUT2D eigenvalue weighted by Gasteiger charge is -2.40. The van der Waals surface area contributed by atoms with Gasteiger partial charge in [-0.3, -0.25) is 14.4 Å². The number of carbonyl (C=O) groups is 3. The lowest BCUT2D eigenvalue weighted by atomic mass is 9.89. The molecule has 1 unspecified atom stereocenters. The molecular formula is C35H36F3N5O8S. The van der Waals surface area contributed by atoms with Gasteiger partial charge in [0.15, 0.2) is 11.9 Å². The first-order chi connectivity index (χ1) is 24.9. The number of ether oxygens (including phenoxy) is 4. The summed E-state index contributed by atoms with van der Waals surface area (Å²) in [6.07, 6.45) is 7.35. The molecule has 0 saturated carbocycles. The number of halogens is 3. The smallest absolute Gasteiger partial charge is 0.323 e. The molecule has 3 aromatic rings. The number of aromatic nitrogens is 3. The zero-order valence-corrected chi connectivity index (χ0v) is 28.7. The van der Waals surface area contributed by atoms with Gasteiger partial charge in [-0.05, 0) is 43.7 Å². The Labute approximate surface area is 301 Å². The number of nitrogens with two attached hydrogens (primary N) is 1. The Morgan fingerprint density at radius 2 is 1.94 bits per heavy atom. The number of nitrogens with zero attached hydrogens (tertiary/aromatic N) is 4. The number of nitriles is 1. The molecule has 4 rings (SSSR count). The minimum atomic E-state index is -1.77. The Balaban J connectivity index is 1.45. The highest BCUT2D eigenvalue weighted by Crippen LogP contribution is 2.42. The summed E-state index contributed by atoms with van der Waals surface area (Å²) >= 11 is 1.29. The second kappa shape index (κ2) is 19.0. The molecule has 0 bridgehead atoms. The Morgan fingerprint density at radius 1 is 1.17 bits per heavy atom. The lowest BCUT2D eigenvalue weighted by Crippen LogP contribution is -2.47. The van der Waals surface area contributed by atoms with Gasteiger partial charge in [-0.2, -0.15) is 10.4 Å². The van der Waals surface area contributed by atoms with E-state index in [0.717, 1.165) is 12.1 Å². The molecule has 1 aromatic heterocycles. The van der Waals surface area contributed by atoms with Crippen molar-refractivity contribution in [3.8, 4) is 6.07 Å². The molecule has 3 atom stereocenters. The van der Waals surface area contributed by atoms with Gasteiger partial charge >= 0.3 is 17.9 Å². The van der Waals surface area contributed by atoms with E-state index < -0.39 is 65.0 Å². The predicted molar refractivity (Wildman–Crippen MR) is 180 cm³/mol. The van der Waals surface area contributed by atoms with Crippen LogP contribution >= 0.6 is 11.8 Å². The number of esters is 2. The van der Waals surface area contributed by atoms with Crippen molar-refractivity contribution in [3.05, 3.63) is 101 Å². The molecule has 2 heterocycles. The van der Waals surface area contributed by atoms with E-state index in [2.05, 4.69) is 10.1 Å². The highest BCUT2D eigenvalue weighted by Gasteiger charge is 2.46. The van der Waals surface area contributed by atoms with Crippen molar-refractivity contribution in [1.29, 1.82) is 5.26 Å². The number of hydrogen-bond donors (Lipinski definition) is 2. The van der Waals surface area contributed by atoms with Gasteiger partial charge in [0.1, 0.15) is 36.1 Å². The molecule has 0 spiro atoms. The zero-order chi connectivity index (χ0) is 37.7. The van der Waals surface area contributed by atoms with E-state index in [1.807, 2.05) is 6.07 Å². The third-order valence-electron chi connectivity index (χ3n) is 7.74. The Kier molecular flexibility index (Phi) is 14.5. The third kappa shape index (κ3) is 11.2. The SMILES string of the molecule is C[C@@H](SC1COC(C=CC=Cc2ccc(C#N)cc2F)OC1)[C@@](Cn1cncn1)(OC(=O)CCCOC(=O)C(N)CC(=O)O)c1ccc(F)cc1F. The number of thioether (sulfide) groups is 1. The van der Waals surface area contributed by atoms with Gasteiger partial charge in [0.25, 0.3) is 0 Å². The maximum Gasteiger partial charge on any atom is 0.323 e. The second-order valence-electron chi connectivity index (χ2n) is 11.6. The Morgan fingerprint density at radius 3 is 2.60 bits per heavy atom. The van der Waals surface area contributed by atoms with Crippen molar-refractivity contribution in [1.82, 2.24) is 14.8 Å². The van der Waals surface area contributed by atoms with Crippen LogP contribution in [0.2, 0.25) is 0 Å². The Bertz CT molecular complexity index is 1800. The minimum Gasteiger partial charge on any atom is -0.481 e. The van der Waals surface area contributed by atoms with Gasteiger partial charge in [-0.1, -0.05) is 24.3 Å². The average molecular weight is 744 g/mol. The molecule has 3 N–H and O–H groups in total. The lowest BCUT2D eigenvalue weighted by molar-refractivity contribution is -0.164. The van der Waals surface area contributed by atoms with Gasteiger partial charge < -0.3 is 29.8 Å². The first-order valence-corrected chi connectivity index (χ1v) is 16.9. The highest BCUT2D eigenvalue weighted by molar-refractivity contribution is 8.00. The predicted octanol–water partition coefficient (Wildman–Crippen LogP) is 4.26. The van der Waals surface area contributed by atoms with E-state index in [-0.39, 0.29) is 55.6 Å². The fourth-order valence-electron chi connectivity index (χ4n) is 5.15. The van der Waals surface area contributed by atoms with Crippen LogP contribution < -0.4 is 5.73 Å². The van der Waals surface area contributed by atoms with Crippen LogP contribution in [-0.2, 0) is 45.5 Å². The molecule has 0 radical (unpaired) electrons. The number of carboxylic acids is 1. The monoisotopic (exact) mass is 743 g/mol. The number of hydrogen-bond acceptors (Lipinski definition) is 12. The molecule has 1 fully saturated rings. The third-order valence-corrected chi connectivity index (χ3v) is 9.19. The summed E-state index contributed by atoms with van der Waals surface area (Å²) in [5.41, 5.74) is 4.13. The fraction of sp³-hybridized carbons (Fsp3) is 0.371. The summed E-state index contributed by atoms with van der Waals surface area (Å²) in [6, 6.07) is 7.58. The molecule has 1 saturated heterocycles. The summed E-state index contributed by atoms with van der Waals surface area (Å²) in [5, 5.41) is 20.8. The minimum absolute atomic E-state index is 0.0198. The van der Waals surface area contributed by atoms with Crippen molar-refractivity contribution in [2.45, 2.75) is 61.2 Å². The van der Waals surface area contributed by atoms with Gasteiger partial charge in [-0.15, -0.1) is 11.8 Å². The van der Waals surface area contributed by atoms with E-state index in [1.54, 1.807) is 25.2 Å². The summed E-state index contributed by atoms with van der Waals surface area (Å²) < 4.78 is 67.9. The summed E-state index contributed by atoms with van der Waals surface area (Å²) in [5.74, 6) is -5.35. The van der Waals surface area contributed by atoms with Gasteiger partial charge in [-0.25, -0.2) is 22.8 Å². The van der Waals surface area contributed by atoms with Crippen LogP contribution in [0.4, 0.5) is 13.2 Å². The molecule has 1 aliphatic rings. The molecule has 276 valence electrons. The fourth-order valence-corrected chi connectivity index (χ4v) is 6.51. The van der Waals surface area contributed by atoms with Crippen LogP contribution in [0.3, 0.4) is 0 Å². The molecule has 13 nitrogen and oxygen atoms in total. The molecule has 2 aromatic carbocycles. The number of carboxylic acid groups (broad SMARTS) is 1. The molecular weight excluding hydrogens is 707 g/mol. The molecule has 1 aliphatic heterocycles. The van der Waals surface area contributed by atoms with Crippen LogP contribution in [0.15, 0.2) is 67.3 Å². The van der Waals surface area contributed by atoms with E-state index >= 15 is 4.39 Å².